The Morgan fingerprint density at radius 2 is 1.57 bits per heavy atom. The summed E-state index contributed by atoms with van der Waals surface area (Å²) in [7, 11) is 0. The highest BCUT2D eigenvalue weighted by molar-refractivity contribution is 7.99. The van der Waals surface area contributed by atoms with Gasteiger partial charge >= 0.3 is 0 Å². The number of aliphatic hydroxyl groups excluding tert-OH is 2. The Labute approximate surface area is 221 Å². The fraction of sp³-hybridized carbons (Fsp3) is 0.481. The van der Waals surface area contributed by atoms with E-state index in [0.717, 1.165) is 28.9 Å². The lowest BCUT2D eigenvalue weighted by Gasteiger charge is -2.36. The van der Waals surface area contributed by atoms with Gasteiger partial charge in [0.15, 0.2) is 6.29 Å². The summed E-state index contributed by atoms with van der Waals surface area (Å²) in [4.78, 5) is 23.3. The van der Waals surface area contributed by atoms with E-state index >= 15 is 0 Å². The standard InChI is InChI=1S/C27H36N2O7S/c30-14-15-37-18-23-16-24(20-8-6-19(17-31)7-9-20)36-27(35-23)21-10-12-22(13-11-21)28-25(32)4-2-1-3-5-26(33)29-34/h6-13,23-24,27,30-31,34H,1-5,14-18H2,(H,28,32)(H,29,33)/t23-,24+,27+/m1/s1. The highest BCUT2D eigenvalue weighted by Gasteiger charge is 2.32. The van der Waals surface area contributed by atoms with Crippen LogP contribution in [-0.2, 0) is 25.7 Å². The molecule has 202 valence electrons. The maximum atomic E-state index is 12.3. The van der Waals surface area contributed by atoms with Crippen LogP contribution in [0.4, 0.5) is 5.69 Å². The molecule has 2 amide bonds. The van der Waals surface area contributed by atoms with Gasteiger partial charge < -0.3 is 25.0 Å². The molecule has 10 heteroatoms. The zero-order valence-electron chi connectivity index (χ0n) is 20.8. The van der Waals surface area contributed by atoms with Gasteiger partial charge in [0.2, 0.25) is 11.8 Å². The van der Waals surface area contributed by atoms with Crippen LogP contribution in [-0.4, -0.2) is 51.5 Å². The second kappa shape index (κ2) is 15.7. The molecule has 2 aromatic rings. The highest BCUT2D eigenvalue weighted by atomic mass is 32.2. The summed E-state index contributed by atoms with van der Waals surface area (Å²) in [5.41, 5.74) is 4.98. The van der Waals surface area contributed by atoms with Crippen LogP contribution in [0.2, 0.25) is 0 Å². The lowest BCUT2D eigenvalue weighted by atomic mass is 10.0. The maximum Gasteiger partial charge on any atom is 0.243 e. The van der Waals surface area contributed by atoms with E-state index in [2.05, 4.69) is 5.32 Å². The average molecular weight is 533 g/mol. The molecule has 1 aliphatic rings. The van der Waals surface area contributed by atoms with Crippen LogP contribution in [0.15, 0.2) is 48.5 Å². The molecule has 0 radical (unpaired) electrons. The van der Waals surface area contributed by atoms with Crippen LogP contribution in [0.25, 0.3) is 0 Å². The summed E-state index contributed by atoms with van der Waals surface area (Å²) in [5.74, 6) is 0.867. The number of amides is 2. The predicted molar refractivity (Wildman–Crippen MR) is 141 cm³/mol. The zero-order valence-corrected chi connectivity index (χ0v) is 21.6. The zero-order chi connectivity index (χ0) is 26.5. The summed E-state index contributed by atoms with van der Waals surface area (Å²) in [6, 6.07) is 15.1. The van der Waals surface area contributed by atoms with E-state index in [9.17, 15) is 14.7 Å². The van der Waals surface area contributed by atoms with Crippen molar-refractivity contribution in [1.29, 1.82) is 0 Å². The van der Waals surface area contributed by atoms with Crippen LogP contribution < -0.4 is 10.8 Å². The third-order valence-corrected chi connectivity index (χ3v) is 7.13. The van der Waals surface area contributed by atoms with E-state index in [0.29, 0.717) is 37.1 Å². The minimum absolute atomic E-state index is 0.00972. The van der Waals surface area contributed by atoms with E-state index in [1.54, 1.807) is 17.2 Å². The number of hydroxylamine groups is 1. The molecule has 0 saturated carbocycles. The Morgan fingerprint density at radius 3 is 2.22 bits per heavy atom. The van der Waals surface area contributed by atoms with Crippen LogP contribution in [0.3, 0.4) is 0 Å². The average Bonchev–Trinajstić information content (AvgIpc) is 2.93. The van der Waals surface area contributed by atoms with Crippen molar-refractivity contribution in [2.45, 2.75) is 63.6 Å². The first-order valence-corrected chi connectivity index (χ1v) is 13.7. The van der Waals surface area contributed by atoms with Crippen molar-refractivity contribution in [3.63, 3.8) is 0 Å². The summed E-state index contributed by atoms with van der Waals surface area (Å²) in [5, 5.41) is 29.8. The van der Waals surface area contributed by atoms with E-state index in [-0.39, 0.29) is 37.7 Å². The number of nitrogens with one attached hydrogen (secondary N) is 2. The third-order valence-electron chi connectivity index (χ3n) is 6.05. The molecule has 9 nitrogen and oxygen atoms in total. The second-order valence-electron chi connectivity index (χ2n) is 8.91. The lowest BCUT2D eigenvalue weighted by molar-refractivity contribution is -0.245. The molecule has 0 bridgehead atoms. The molecular weight excluding hydrogens is 496 g/mol. The van der Waals surface area contributed by atoms with Crippen LogP contribution in [0, 0.1) is 0 Å². The van der Waals surface area contributed by atoms with Crippen molar-refractivity contribution in [1.82, 2.24) is 5.48 Å². The van der Waals surface area contributed by atoms with E-state index in [4.69, 9.17) is 19.8 Å². The summed E-state index contributed by atoms with van der Waals surface area (Å²) < 4.78 is 12.6. The summed E-state index contributed by atoms with van der Waals surface area (Å²) in [6.45, 7) is 0.113. The van der Waals surface area contributed by atoms with Crippen molar-refractivity contribution in [3.05, 3.63) is 65.2 Å². The van der Waals surface area contributed by atoms with Crippen molar-refractivity contribution < 1.29 is 34.5 Å². The molecule has 0 aromatic heterocycles. The van der Waals surface area contributed by atoms with Gasteiger partial charge in [-0.2, -0.15) is 11.8 Å². The van der Waals surface area contributed by atoms with E-state index < -0.39 is 12.2 Å². The van der Waals surface area contributed by atoms with Gasteiger partial charge in [-0.05, 0) is 36.1 Å². The van der Waals surface area contributed by atoms with Gasteiger partial charge in [-0.1, -0.05) is 42.8 Å². The third kappa shape index (κ3) is 9.73. The summed E-state index contributed by atoms with van der Waals surface area (Å²) in [6.07, 6.45) is 2.46. The normalized spacial score (nSPS) is 19.4. The number of ether oxygens (including phenoxy) is 2. The molecule has 1 fully saturated rings. The Kier molecular flexibility index (Phi) is 12.3. The van der Waals surface area contributed by atoms with Gasteiger partial charge in [-0.25, -0.2) is 5.48 Å². The van der Waals surface area contributed by atoms with Gasteiger partial charge in [0, 0.05) is 42.0 Å². The molecule has 0 aliphatic carbocycles. The molecule has 3 rings (SSSR count). The minimum Gasteiger partial charge on any atom is -0.396 e. The fourth-order valence-corrected chi connectivity index (χ4v) is 4.83. The number of hydrogen-bond donors (Lipinski definition) is 5. The number of aliphatic hydroxyl groups is 2. The molecule has 1 aliphatic heterocycles. The molecule has 1 heterocycles. The van der Waals surface area contributed by atoms with Crippen molar-refractivity contribution in [2.24, 2.45) is 0 Å². The predicted octanol–water partition coefficient (Wildman–Crippen LogP) is 3.84. The largest absolute Gasteiger partial charge is 0.396 e. The quantitative estimate of drug-likeness (QED) is 0.141. The molecule has 1 saturated heterocycles. The molecule has 3 atom stereocenters. The van der Waals surface area contributed by atoms with Crippen molar-refractivity contribution in [2.75, 3.05) is 23.4 Å². The number of carbonyl (C=O) groups excluding carboxylic acids is 2. The fourth-order valence-electron chi connectivity index (χ4n) is 4.05. The Hall–Kier alpha value is -2.47. The molecule has 37 heavy (non-hydrogen) atoms. The van der Waals surface area contributed by atoms with E-state index in [1.807, 2.05) is 48.5 Å². The molecule has 2 aromatic carbocycles. The first-order chi connectivity index (χ1) is 18.0. The first kappa shape index (κ1) is 29.1. The number of anilines is 1. The lowest BCUT2D eigenvalue weighted by Crippen LogP contribution is -2.31. The number of thioether (sulfide) groups is 1. The number of benzene rings is 2. The first-order valence-electron chi connectivity index (χ1n) is 12.5. The molecular formula is C27H36N2O7S. The van der Waals surface area contributed by atoms with E-state index in [1.165, 1.54) is 0 Å². The maximum absolute atomic E-state index is 12.3. The number of carbonyl (C=O) groups is 2. The topological polar surface area (TPSA) is 137 Å². The van der Waals surface area contributed by atoms with Gasteiger partial charge in [-0.15, -0.1) is 0 Å². The summed E-state index contributed by atoms with van der Waals surface area (Å²) >= 11 is 1.64. The SMILES string of the molecule is O=C(CCCCCC(=O)Nc1ccc([C@H]2O[C@@H](CSCCO)C[C@@H](c3ccc(CO)cc3)O2)cc1)NO. The Balaban J connectivity index is 1.57. The van der Waals surface area contributed by atoms with Gasteiger partial charge in [-0.3, -0.25) is 14.8 Å². The van der Waals surface area contributed by atoms with Gasteiger partial charge in [0.1, 0.15) is 0 Å². The highest BCUT2D eigenvalue weighted by Crippen LogP contribution is 2.39. The minimum atomic E-state index is -0.572. The monoisotopic (exact) mass is 532 g/mol. The number of hydrogen-bond acceptors (Lipinski definition) is 8. The van der Waals surface area contributed by atoms with Crippen molar-refractivity contribution >= 4 is 29.3 Å². The smallest absolute Gasteiger partial charge is 0.243 e. The van der Waals surface area contributed by atoms with Crippen LogP contribution in [0.1, 0.15) is 67.6 Å². The Morgan fingerprint density at radius 1 is 0.892 bits per heavy atom. The van der Waals surface area contributed by atoms with Gasteiger partial charge in [0.05, 0.1) is 25.4 Å². The van der Waals surface area contributed by atoms with Gasteiger partial charge in [0.25, 0.3) is 0 Å². The number of unbranched alkanes of at least 4 members (excludes halogenated alkanes) is 2. The molecule has 0 unspecified atom stereocenters. The number of rotatable bonds is 14. The van der Waals surface area contributed by atoms with Crippen LogP contribution in [0.5, 0.6) is 0 Å². The Bertz CT molecular complexity index is 972. The second-order valence-corrected chi connectivity index (χ2v) is 10.1. The molecule has 5 N–H and O–H groups in total. The van der Waals surface area contributed by atoms with Crippen molar-refractivity contribution in [3.8, 4) is 0 Å². The molecule has 0 spiro atoms. The van der Waals surface area contributed by atoms with Crippen LogP contribution >= 0.6 is 11.8 Å².